The van der Waals surface area contributed by atoms with Crippen LogP contribution in [0.3, 0.4) is 0 Å². The van der Waals surface area contributed by atoms with E-state index >= 15 is 0 Å². The summed E-state index contributed by atoms with van der Waals surface area (Å²) in [4.78, 5) is 42.8. The molecule has 5 saturated heterocycles. The molecule has 125 heavy (non-hydrogen) atoms. The van der Waals surface area contributed by atoms with E-state index in [-0.39, 0.29) is 29.5 Å². The minimum Gasteiger partial charge on any atom is -0.412 e. The number of rotatable bonds is 26. The first kappa shape index (κ1) is 108. The highest BCUT2D eigenvalue weighted by molar-refractivity contribution is 7.73. The number of carbonyl (C=O) groups is 1. The molecule has 20 atom stereocenters. The van der Waals surface area contributed by atoms with E-state index in [0.717, 1.165) is 54.2 Å². The van der Waals surface area contributed by atoms with Gasteiger partial charge in [0, 0.05) is 81.4 Å². The van der Waals surface area contributed by atoms with Crippen LogP contribution in [0.4, 0.5) is 0 Å². The Morgan fingerprint density at radius 1 is 0.496 bits per heavy atom. The van der Waals surface area contributed by atoms with E-state index in [2.05, 4.69) is 195 Å². The monoisotopic (exact) mass is 1870 g/mol. The fourth-order valence-corrected chi connectivity index (χ4v) is 19.7. The van der Waals surface area contributed by atoms with Crippen LogP contribution in [0, 0.1) is 0 Å². The van der Waals surface area contributed by atoms with Gasteiger partial charge in [0.15, 0.2) is 39.5 Å². The molecule has 17 N–H and O–H groups in total. The first-order valence-corrected chi connectivity index (χ1v) is 60.2. The lowest BCUT2D eigenvalue weighted by atomic mass is 10.1. The van der Waals surface area contributed by atoms with Crippen LogP contribution < -0.4 is 22.5 Å². The Balaban J connectivity index is 0.000000242. The van der Waals surface area contributed by atoms with Gasteiger partial charge in [-0.05, 0) is 167 Å². The predicted molar refractivity (Wildman–Crippen MR) is 525 cm³/mol. The molecule has 0 radical (unpaired) electrons. The number of amidine groups is 5. The lowest BCUT2D eigenvalue weighted by molar-refractivity contribution is -0.117. The Labute approximate surface area is 745 Å². The molecule has 0 saturated carbocycles. The fourth-order valence-electron chi connectivity index (χ4n) is 14.0. The van der Waals surface area contributed by atoms with Gasteiger partial charge in [0.25, 0.3) is 0 Å². The summed E-state index contributed by atoms with van der Waals surface area (Å²) in [5.74, 6) is 3.96. The number of likely N-dealkylation sites (N-methyl/N-ethyl adjacent to an activating group) is 1. The predicted octanol–water partition coefficient (Wildman–Crippen LogP) is 5.31. The summed E-state index contributed by atoms with van der Waals surface area (Å²) in [6.45, 7) is 50.9. The molecule has 1 amide bonds. The summed E-state index contributed by atoms with van der Waals surface area (Å²) in [5.41, 5.74) is 20.3. The van der Waals surface area contributed by atoms with Crippen molar-refractivity contribution in [2.45, 2.75) is 221 Å². The van der Waals surface area contributed by atoms with E-state index in [0.29, 0.717) is 96.5 Å². The van der Waals surface area contributed by atoms with Crippen molar-refractivity contribution in [1.82, 2.24) is 34.7 Å². The maximum Gasteiger partial charge on any atom is 0.222 e. The molecule has 33 nitrogen and oxygen atoms in total. The van der Waals surface area contributed by atoms with E-state index in [4.69, 9.17) is 50.0 Å². The van der Waals surface area contributed by atoms with Crippen molar-refractivity contribution < 1.29 is 88.7 Å². The van der Waals surface area contributed by atoms with E-state index in [1.54, 1.807) is 46.6 Å². The van der Waals surface area contributed by atoms with Gasteiger partial charge in [-0.1, -0.05) is 60.6 Å². The molecule has 0 aromatic carbocycles. The molecule has 4 unspecified atom stereocenters. The molecule has 10 heterocycles. The number of nitrogens with two attached hydrogens (primary N) is 3. The maximum absolute atomic E-state index is 11.3. The highest BCUT2D eigenvalue weighted by atomic mass is 31.2. The standard InChI is InChI=1S/C21H40N3O4PSi.C18H30N3O4P.C17H30N3O3P.C15H26N3O4P.C15H26N3O3P/c1-14-23-19(22)15(13-27-30(8,9)21(2,3)4)12-24(14)20-18(26)17(25)16(28-20)10-11-29(5,6)7;1-7-13-10-21(11(2)19-17(13)20-12(3)22)18-16(24)15(23)14(25-18)8-9-26(4,5)6;1-12-18-14(19(2)3)8-10-20(12)17-16(22-4)15(21)13(23-17)9-11-24(5,6)7;1-9-17-14(16)10(8-19)7-18(9)15-13(21)12(20)11(22-15)5-6-23(2,3)4;1-9-8-18(10(2)17-14(9)16)15-13(20)12(19)11(21-15)6-7-22(3,4)5/h12,16-18,20,25-26H,1,5,10-11,13H2,2-4,6-9H3,(H2,22,23);10,14-16,18,23-24H,2,4,7-9H2,1,3,5-6H3,(H,19,20,22);8,10,13,15-17,21H,1,5,9,11H2,2-4,6-7H3;7,11-13,15,19-21H,1-2,5-6,8H2,3-4H3,(H2,16,17);8,11-13,15,19-20H,2-3,6-7H2,1,4-5H3,(H2,16,17)/t16-,17-,18?,20-;14-,15-,16?,18-;13-,15-,16-,17-;2*11-,12-,13?,15-/m11111/s1. The highest BCUT2D eigenvalue weighted by Crippen LogP contribution is 2.46. The van der Waals surface area contributed by atoms with E-state index < -0.39 is 159 Å². The van der Waals surface area contributed by atoms with Gasteiger partial charge in [0.2, 0.25) is 5.91 Å². The molecule has 10 rings (SSSR count). The molecule has 708 valence electrons. The number of aliphatic imine (C=N–C) groups is 5. The van der Waals surface area contributed by atoms with Crippen molar-refractivity contribution in [3.63, 3.8) is 0 Å². The smallest absolute Gasteiger partial charge is 0.222 e. The van der Waals surface area contributed by atoms with Crippen LogP contribution in [-0.2, 0) is 37.6 Å². The Hall–Kier alpha value is -5.54. The van der Waals surface area contributed by atoms with Gasteiger partial charge in [0.1, 0.15) is 119 Å². The van der Waals surface area contributed by atoms with Crippen LogP contribution in [0.2, 0.25) is 18.1 Å². The molecule has 0 bridgehead atoms. The van der Waals surface area contributed by atoms with Crippen molar-refractivity contribution in [1.29, 1.82) is 0 Å². The van der Waals surface area contributed by atoms with Gasteiger partial charge in [-0.2, -0.15) is 0 Å². The number of hydrogen-bond donors (Lipinski definition) is 14. The molecule has 10 aliphatic rings. The summed E-state index contributed by atoms with van der Waals surface area (Å²) in [5, 5.41) is 106. The average Bonchev–Trinajstić information content (AvgIpc) is 1.50. The zero-order valence-electron chi connectivity index (χ0n) is 77.9. The van der Waals surface area contributed by atoms with Gasteiger partial charge < -0.3 is 136 Å². The Bertz CT molecular complexity index is 4450. The zero-order valence-corrected chi connectivity index (χ0v) is 83.4. The molecule has 0 aromatic rings. The first-order valence-electron chi connectivity index (χ1n) is 42.0. The normalized spacial score (nSPS) is 30.6. The number of aliphatic hydroxyl groups excluding tert-OH is 10. The van der Waals surface area contributed by atoms with Crippen molar-refractivity contribution in [3.05, 3.63) is 121 Å². The molecule has 0 aliphatic carbocycles. The van der Waals surface area contributed by atoms with Crippen LogP contribution in [0.5, 0.6) is 0 Å². The Morgan fingerprint density at radius 2 is 0.808 bits per heavy atom. The van der Waals surface area contributed by atoms with Gasteiger partial charge >= 0.3 is 0 Å². The molecular formula is C86H152N15O18P5Si. The third-order valence-corrected chi connectivity index (χ3v) is 34.6. The van der Waals surface area contributed by atoms with Gasteiger partial charge in [0.05, 0.1) is 43.7 Å². The molecule has 0 aromatic heterocycles. The Kier molecular flexibility index (Phi) is 38.6. The van der Waals surface area contributed by atoms with Crippen molar-refractivity contribution in [2.24, 2.45) is 42.2 Å². The highest BCUT2D eigenvalue weighted by Gasteiger charge is 2.52. The van der Waals surface area contributed by atoms with Gasteiger partial charge in [-0.25, -0.2) is 25.0 Å². The molecular weight excluding hydrogens is 1710 g/mol. The molecule has 39 heteroatoms. The molecule has 10 aliphatic heterocycles. The largest absolute Gasteiger partial charge is 0.412 e. The summed E-state index contributed by atoms with van der Waals surface area (Å²) in [6, 6.07) is 0. The second-order valence-electron chi connectivity index (χ2n) is 38.4. The number of hydrogen-bond acceptors (Lipinski definition) is 32. The summed E-state index contributed by atoms with van der Waals surface area (Å²) < 4.78 is 41.6. The summed E-state index contributed by atoms with van der Waals surface area (Å²) >= 11 is 0. The summed E-state index contributed by atoms with van der Waals surface area (Å²) in [7, 11) is 3.48. The van der Waals surface area contributed by atoms with Crippen LogP contribution >= 0.6 is 34.4 Å². The van der Waals surface area contributed by atoms with Crippen LogP contribution in [-0.4, -0.2) is 410 Å². The quantitative estimate of drug-likeness (QED) is 0.0385. The minimum atomic E-state index is -1.97. The fraction of sp³-hybridized carbons (Fsp3) is 0.640. The van der Waals surface area contributed by atoms with Crippen LogP contribution in [0.1, 0.15) is 80.1 Å². The van der Waals surface area contributed by atoms with E-state index in [9.17, 15) is 55.9 Å². The third kappa shape index (κ3) is 30.2. The van der Waals surface area contributed by atoms with Crippen molar-refractivity contribution >= 4 is 109 Å². The SMILES string of the molecule is C=C1N=C(N(C)C)C=CN1[C@@H]1O[C@H](CCP(=C)(C)C)[C@@H](O)[C@H]1OC.C=C1N=C(N)C(C)=CN1[C@@H]1O[C@H](CCP(=C)(C)C)[C@@H](O)C1O.C=C1N=C(N)C(CO)=CN1[C@@H]1O[C@H](CCP(=C)(C)C)[C@@H](O)C1O.C=C1N=C(N)C(CO[Si](C)(C)C(C)(C)C)=CN1[C@@H]1O[C@H](CCP(=C)(C)C)[C@@H](O)C1O.C=C1N=C(NC(C)=O)C(CC)=CN1[C@@H]1O[C@H](CCP(=C)(C)C)[C@@H](O)C1O. The summed E-state index contributed by atoms with van der Waals surface area (Å²) in [6.07, 6.45) is 25.2. The first-order chi connectivity index (χ1) is 57.4. The number of methoxy groups -OCH3 is 1. The molecule has 5 fully saturated rings. The van der Waals surface area contributed by atoms with E-state index in [1.807, 2.05) is 50.0 Å². The van der Waals surface area contributed by atoms with Crippen LogP contribution in [0.15, 0.2) is 146 Å². The third-order valence-electron chi connectivity index (χ3n) is 22.8. The second kappa shape index (κ2) is 44.6. The average molecular weight is 1870 g/mol. The van der Waals surface area contributed by atoms with Crippen molar-refractivity contribution in [2.75, 3.05) is 132 Å². The van der Waals surface area contributed by atoms with Crippen molar-refractivity contribution in [3.8, 4) is 0 Å². The maximum atomic E-state index is 11.3. The second-order valence-corrected chi connectivity index (χ2v) is 64.9. The number of aliphatic hydroxyl groups is 10. The minimum absolute atomic E-state index is 0.0735. The lowest BCUT2D eigenvalue weighted by Gasteiger charge is -2.37. The molecule has 0 spiro atoms. The number of carbonyl (C=O) groups excluding carboxylic acids is 1. The van der Waals surface area contributed by atoms with Crippen LogP contribution in [0.25, 0.3) is 0 Å². The number of nitrogens with one attached hydrogen (secondary N) is 1. The number of nitrogens with zero attached hydrogens (tertiary/aromatic N) is 11. The lowest BCUT2D eigenvalue weighted by Crippen LogP contribution is -2.44. The van der Waals surface area contributed by atoms with Gasteiger partial charge in [-0.3, -0.25) is 4.79 Å². The topological polar surface area (TPSA) is 455 Å². The zero-order chi connectivity index (χ0) is 94.8. The number of ether oxygens (including phenoxy) is 6. The number of amides is 1. The Morgan fingerprint density at radius 3 is 1.13 bits per heavy atom. The van der Waals surface area contributed by atoms with Gasteiger partial charge in [-0.15, -0.1) is 65.9 Å². The van der Waals surface area contributed by atoms with E-state index in [1.165, 1.54) is 11.8 Å².